The lowest BCUT2D eigenvalue weighted by atomic mass is 10.0. The molecular weight excluding hydrogens is 647 g/mol. The predicted octanol–water partition coefficient (Wildman–Crippen LogP) is 12.3. The van der Waals surface area contributed by atoms with E-state index in [0.717, 1.165) is 77.0 Å². The summed E-state index contributed by atoms with van der Waals surface area (Å²) >= 11 is 0. The number of aliphatic hydroxyl groups is 2. The summed E-state index contributed by atoms with van der Waals surface area (Å²) in [6.07, 6.45) is 46.0. The summed E-state index contributed by atoms with van der Waals surface area (Å²) < 4.78 is 5.86. The molecule has 302 valence electrons. The summed E-state index contributed by atoms with van der Waals surface area (Å²) in [4.78, 5) is 25.9. The monoisotopic (exact) mass is 730 g/mol. The molecule has 0 aliphatic rings. The highest BCUT2D eigenvalue weighted by molar-refractivity contribution is 5.77. The largest absolute Gasteiger partial charge is 0.462 e. The molecule has 1 amide bonds. The van der Waals surface area contributed by atoms with E-state index >= 15 is 0 Å². The van der Waals surface area contributed by atoms with Crippen molar-refractivity contribution in [2.24, 2.45) is 0 Å². The number of carbonyl (C=O) groups is 2. The van der Waals surface area contributed by atoms with Crippen molar-refractivity contribution < 1.29 is 24.5 Å². The Bertz CT molecular complexity index is 910. The van der Waals surface area contributed by atoms with Gasteiger partial charge in [0.1, 0.15) is 6.10 Å². The maximum absolute atomic E-state index is 13.1. The quantitative estimate of drug-likeness (QED) is 0.0254. The number of ether oxygens (including phenoxy) is 1. The maximum Gasteiger partial charge on any atom is 0.306 e. The van der Waals surface area contributed by atoms with Gasteiger partial charge in [0.25, 0.3) is 0 Å². The highest BCUT2D eigenvalue weighted by atomic mass is 16.5. The van der Waals surface area contributed by atoms with E-state index in [9.17, 15) is 19.8 Å². The first-order valence-electron chi connectivity index (χ1n) is 21.9. The van der Waals surface area contributed by atoms with Crippen LogP contribution in [0.1, 0.15) is 207 Å². The maximum atomic E-state index is 13.1. The minimum Gasteiger partial charge on any atom is -0.462 e. The third-order valence-corrected chi connectivity index (χ3v) is 9.70. The van der Waals surface area contributed by atoms with Gasteiger partial charge in [-0.05, 0) is 64.2 Å². The van der Waals surface area contributed by atoms with Crippen LogP contribution in [0, 0.1) is 0 Å². The average Bonchev–Trinajstić information content (AvgIpc) is 3.13. The van der Waals surface area contributed by atoms with Crippen molar-refractivity contribution in [3.05, 3.63) is 48.6 Å². The lowest BCUT2D eigenvalue weighted by molar-refractivity contribution is -0.151. The number of rotatable bonds is 38. The van der Waals surface area contributed by atoms with Gasteiger partial charge in [0, 0.05) is 6.42 Å². The number of hydrogen-bond donors (Lipinski definition) is 3. The van der Waals surface area contributed by atoms with Crippen molar-refractivity contribution in [1.29, 1.82) is 0 Å². The molecule has 0 radical (unpaired) electrons. The number of unbranched alkanes of at least 4 members (excludes halogenated alkanes) is 20. The first kappa shape index (κ1) is 49.8. The minimum absolute atomic E-state index is 0.0507. The standard InChI is InChI=1S/C46H83NO5/c1-4-7-10-13-16-19-22-25-28-31-34-37-42(52-46(51)39-36-33-30-27-24-21-18-15-12-9-6-3)40-45(50)47-43(41-48)44(49)38-35-32-29-26-23-20-17-14-11-8-5-2/h7,10,13,15-16,18-19,22,42-44,48-49H,4-6,8-9,11-12,14,17,20-21,23-41H2,1-3H3,(H,47,50)/b10-7+,16-13+,18-15-,22-19-. The average molecular weight is 730 g/mol. The van der Waals surface area contributed by atoms with Crippen molar-refractivity contribution in [3.8, 4) is 0 Å². The van der Waals surface area contributed by atoms with E-state index in [1.807, 2.05) is 12.2 Å². The smallest absolute Gasteiger partial charge is 0.306 e. The molecule has 0 saturated carbocycles. The molecule has 3 atom stereocenters. The molecule has 3 N–H and O–H groups in total. The predicted molar refractivity (Wildman–Crippen MR) is 222 cm³/mol. The van der Waals surface area contributed by atoms with Gasteiger partial charge in [0.15, 0.2) is 0 Å². The molecule has 0 heterocycles. The fourth-order valence-corrected chi connectivity index (χ4v) is 6.35. The Balaban J connectivity index is 4.65. The number of carbonyl (C=O) groups excluding carboxylic acids is 2. The van der Waals surface area contributed by atoms with E-state index < -0.39 is 18.2 Å². The zero-order valence-electron chi connectivity index (χ0n) is 34.2. The van der Waals surface area contributed by atoms with E-state index in [-0.39, 0.29) is 24.9 Å². The number of hydrogen-bond acceptors (Lipinski definition) is 5. The van der Waals surface area contributed by atoms with Gasteiger partial charge in [-0.3, -0.25) is 9.59 Å². The fraction of sp³-hybridized carbons (Fsp3) is 0.783. The van der Waals surface area contributed by atoms with Crippen molar-refractivity contribution in [2.75, 3.05) is 6.61 Å². The van der Waals surface area contributed by atoms with Gasteiger partial charge in [-0.1, -0.05) is 179 Å². The van der Waals surface area contributed by atoms with E-state index in [0.29, 0.717) is 19.3 Å². The van der Waals surface area contributed by atoms with Crippen LogP contribution in [0.25, 0.3) is 0 Å². The lowest BCUT2D eigenvalue weighted by Gasteiger charge is -2.24. The molecule has 0 spiro atoms. The number of amides is 1. The van der Waals surface area contributed by atoms with Crippen molar-refractivity contribution in [3.63, 3.8) is 0 Å². The van der Waals surface area contributed by atoms with Crippen LogP contribution in [-0.2, 0) is 14.3 Å². The summed E-state index contributed by atoms with van der Waals surface area (Å²) in [5.74, 6) is -0.524. The Morgan fingerprint density at radius 2 is 1.08 bits per heavy atom. The van der Waals surface area contributed by atoms with Gasteiger partial charge >= 0.3 is 5.97 Å². The van der Waals surface area contributed by atoms with Crippen LogP contribution in [0.3, 0.4) is 0 Å². The molecule has 0 aromatic rings. The van der Waals surface area contributed by atoms with Crippen LogP contribution in [0.2, 0.25) is 0 Å². The number of allylic oxidation sites excluding steroid dienone is 8. The van der Waals surface area contributed by atoms with Crippen LogP contribution < -0.4 is 5.32 Å². The van der Waals surface area contributed by atoms with Crippen LogP contribution >= 0.6 is 0 Å². The molecule has 0 aromatic heterocycles. The third kappa shape index (κ3) is 34.9. The van der Waals surface area contributed by atoms with Gasteiger partial charge in [-0.25, -0.2) is 0 Å². The third-order valence-electron chi connectivity index (χ3n) is 9.70. The second-order valence-corrected chi connectivity index (χ2v) is 14.8. The summed E-state index contributed by atoms with van der Waals surface area (Å²) in [5.41, 5.74) is 0. The molecule has 6 nitrogen and oxygen atoms in total. The molecular formula is C46H83NO5. The molecule has 0 rings (SSSR count). The van der Waals surface area contributed by atoms with Gasteiger partial charge in [-0.2, -0.15) is 0 Å². The zero-order valence-corrected chi connectivity index (χ0v) is 34.2. The summed E-state index contributed by atoms with van der Waals surface area (Å²) in [6, 6.07) is -0.711. The molecule has 6 heteroatoms. The van der Waals surface area contributed by atoms with Crippen LogP contribution in [0.5, 0.6) is 0 Å². The zero-order chi connectivity index (χ0) is 38.2. The molecule has 52 heavy (non-hydrogen) atoms. The topological polar surface area (TPSA) is 95.9 Å². The summed E-state index contributed by atoms with van der Waals surface area (Å²) in [6.45, 7) is 6.27. The molecule has 0 aromatic carbocycles. The molecule has 0 fully saturated rings. The van der Waals surface area contributed by atoms with Crippen LogP contribution in [0.15, 0.2) is 48.6 Å². The first-order chi connectivity index (χ1) is 25.5. The Morgan fingerprint density at radius 3 is 1.69 bits per heavy atom. The second-order valence-electron chi connectivity index (χ2n) is 14.8. The van der Waals surface area contributed by atoms with Gasteiger partial charge in [0.05, 0.1) is 25.2 Å². The Hall–Kier alpha value is -2.18. The van der Waals surface area contributed by atoms with Crippen molar-refractivity contribution >= 4 is 11.9 Å². The van der Waals surface area contributed by atoms with E-state index in [1.165, 1.54) is 83.5 Å². The molecule has 0 bridgehead atoms. The SMILES string of the molecule is CC/C=C/C=C/C=C\CCCCCC(CC(=O)NC(CO)C(O)CCCCCCCCCCCCC)OC(=O)CCCCCCC/C=C\CCCC. The molecule has 0 aliphatic heterocycles. The number of esters is 1. The number of aliphatic hydroxyl groups excluding tert-OH is 2. The Kier molecular flexibility index (Phi) is 38.3. The Labute approximate surface area is 321 Å². The summed E-state index contributed by atoms with van der Waals surface area (Å²) in [5, 5.41) is 23.6. The van der Waals surface area contributed by atoms with Crippen LogP contribution in [0.4, 0.5) is 0 Å². The van der Waals surface area contributed by atoms with Crippen molar-refractivity contribution in [2.45, 2.75) is 225 Å². The lowest BCUT2D eigenvalue weighted by Crippen LogP contribution is -2.46. The van der Waals surface area contributed by atoms with Gasteiger partial charge in [0.2, 0.25) is 5.91 Å². The second kappa shape index (κ2) is 40.0. The highest BCUT2D eigenvalue weighted by Gasteiger charge is 2.24. The Morgan fingerprint density at radius 1 is 0.577 bits per heavy atom. The van der Waals surface area contributed by atoms with Crippen molar-refractivity contribution in [1.82, 2.24) is 5.32 Å². The molecule has 0 aliphatic carbocycles. The fourth-order valence-electron chi connectivity index (χ4n) is 6.35. The van der Waals surface area contributed by atoms with E-state index in [4.69, 9.17) is 4.74 Å². The highest BCUT2D eigenvalue weighted by Crippen LogP contribution is 2.17. The first-order valence-corrected chi connectivity index (χ1v) is 21.9. The van der Waals surface area contributed by atoms with Gasteiger partial charge in [-0.15, -0.1) is 0 Å². The van der Waals surface area contributed by atoms with Gasteiger partial charge < -0.3 is 20.3 Å². The minimum atomic E-state index is -0.795. The van der Waals surface area contributed by atoms with E-state index in [1.54, 1.807) is 0 Å². The molecule has 3 unspecified atom stereocenters. The number of nitrogens with one attached hydrogen (secondary N) is 1. The normalized spacial score (nSPS) is 13.9. The van der Waals surface area contributed by atoms with Crippen LogP contribution in [-0.4, -0.2) is 46.9 Å². The molecule has 0 saturated heterocycles. The summed E-state index contributed by atoms with van der Waals surface area (Å²) in [7, 11) is 0. The van der Waals surface area contributed by atoms with E-state index in [2.05, 4.69) is 62.5 Å².